The number of nitrogens with zero attached hydrogens (tertiary/aromatic N) is 1. The first-order valence-electron chi connectivity index (χ1n) is 11.3. The Bertz CT molecular complexity index is 670. The van der Waals surface area contributed by atoms with Crippen LogP contribution in [0.25, 0.3) is 0 Å². The minimum absolute atomic E-state index is 0.142. The van der Waals surface area contributed by atoms with Gasteiger partial charge in [-0.2, -0.15) is 0 Å². The molecule has 0 bridgehead atoms. The first kappa shape index (κ1) is 22.7. The number of para-hydroxylation sites is 1. The fourth-order valence-corrected chi connectivity index (χ4v) is 3.84. The van der Waals surface area contributed by atoms with Crippen LogP contribution in [0.2, 0.25) is 0 Å². The van der Waals surface area contributed by atoms with E-state index in [1.165, 1.54) is 12.8 Å². The molecule has 1 aliphatic carbocycles. The highest BCUT2D eigenvalue weighted by Crippen LogP contribution is 2.35. The fourth-order valence-electron chi connectivity index (χ4n) is 3.84. The molecule has 7 nitrogen and oxygen atoms in total. The van der Waals surface area contributed by atoms with E-state index in [-0.39, 0.29) is 18.2 Å². The van der Waals surface area contributed by atoms with Gasteiger partial charge in [0.05, 0.1) is 39.1 Å². The van der Waals surface area contributed by atoms with Crippen molar-refractivity contribution in [3.8, 4) is 11.5 Å². The average Bonchev–Trinajstić information content (AvgIpc) is 3.45. The molecular formula is C23H37N3O4. The number of rotatable bonds is 10. The van der Waals surface area contributed by atoms with Crippen molar-refractivity contribution in [1.82, 2.24) is 10.6 Å². The van der Waals surface area contributed by atoms with Crippen LogP contribution in [0, 0.1) is 0 Å². The van der Waals surface area contributed by atoms with E-state index >= 15 is 0 Å². The summed E-state index contributed by atoms with van der Waals surface area (Å²) in [5, 5.41) is 6.75. The first-order valence-corrected chi connectivity index (χ1v) is 11.3. The van der Waals surface area contributed by atoms with Gasteiger partial charge in [-0.3, -0.25) is 0 Å². The van der Waals surface area contributed by atoms with Crippen molar-refractivity contribution in [3.05, 3.63) is 23.8 Å². The van der Waals surface area contributed by atoms with Crippen LogP contribution in [0.15, 0.2) is 23.2 Å². The highest BCUT2D eigenvalue weighted by molar-refractivity contribution is 5.80. The molecule has 1 saturated heterocycles. The molecule has 0 radical (unpaired) electrons. The van der Waals surface area contributed by atoms with Crippen molar-refractivity contribution in [2.75, 3.05) is 33.5 Å². The van der Waals surface area contributed by atoms with Crippen LogP contribution in [-0.2, 0) is 16.0 Å². The van der Waals surface area contributed by atoms with Gasteiger partial charge in [-0.05, 0) is 52.0 Å². The molecule has 30 heavy (non-hydrogen) atoms. The second-order valence-electron chi connectivity index (χ2n) is 8.03. The number of nitrogens with one attached hydrogen (secondary N) is 2. The molecule has 0 spiro atoms. The normalized spacial score (nSPS) is 20.9. The predicted octanol–water partition coefficient (Wildman–Crippen LogP) is 3.27. The molecule has 2 atom stereocenters. The van der Waals surface area contributed by atoms with Gasteiger partial charge in [0.1, 0.15) is 0 Å². The number of hydrogen-bond acceptors (Lipinski definition) is 5. The zero-order valence-electron chi connectivity index (χ0n) is 18.6. The molecule has 168 valence electrons. The Morgan fingerprint density at radius 2 is 2.07 bits per heavy atom. The van der Waals surface area contributed by atoms with Crippen molar-refractivity contribution < 1.29 is 18.9 Å². The minimum atomic E-state index is 0.142. The summed E-state index contributed by atoms with van der Waals surface area (Å²) >= 11 is 0. The molecule has 0 amide bonds. The Morgan fingerprint density at radius 3 is 2.77 bits per heavy atom. The van der Waals surface area contributed by atoms with Crippen LogP contribution >= 0.6 is 0 Å². The van der Waals surface area contributed by atoms with Crippen LogP contribution < -0.4 is 20.1 Å². The summed E-state index contributed by atoms with van der Waals surface area (Å²) in [6, 6.07) is 6.15. The van der Waals surface area contributed by atoms with E-state index in [0.29, 0.717) is 19.8 Å². The zero-order valence-corrected chi connectivity index (χ0v) is 18.6. The van der Waals surface area contributed by atoms with Gasteiger partial charge >= 0.3 is 0 Å². The lowest BCUT2D eigenvalue weighted by atomic mass is 10.1. The van der Waals surface area contributed by atoms with Crippen molar-refractivity contribution in [2.24, 2.45) is 4.99 Å². The molecule has 2 N–H and O–H groups in total. The van der Waals surface area contributed by atoms with Crippen LogP contribution in [0.5, 0.6) is 11.5 Å². The number of methoxy groups -OCH3 is 1. The van der Waals surface area contributed by atoms with E-state index in [1.807, 2.05) is 12.1 Å². The van der Waals surface area contributed by atoms with Gasteiger partial charge in [0, 0.05) is 24.8 Å². The molecule has 1 heterocycles. The average molecular weight is 420 g/mol. The molecule has 0 aromatic heterocycles. The first-order chi connectivity index (χ1) is 14.7. The molecule has 2 unspecified atom stereocenters. The second kappa shape index (κ2) is 12.0. The fraction of sp³-hybridized carbons (Fsp3) is 0.696. The Kier molecular flexibility index (Phi) is 9.08. The number of hydrogen-bond donors (Lipinski definition) is 2. The maximum Gasteiger partial charge on any atom is 0.191 e. The van der Waals surface area contributed by atoms with Crippen LogP contribution in [0.1, 0.15) is 51.5 Å². The van der Waals surface area contributed by atoms with E-state index in [2.05, 4.69) is 30.5 Å². The summed E-state index contributed by atoms with van der Waals surface area (Å²) in [7, 11) is 1.69. The summed E-state index contributed by atoms with van der Waals surface area (Å²) in [6.45, 7) is 7.58. The monoisotopic (exact) mass is 419 g/mol. The number of aliphatic imine (C=N–C) groups is 1. The third kappa shape index (κ3) is 6.77. The Labute approximate surface area is 180 Å². The highest BCUT2D eigenvalue weighted by atomic mass is 16.5. The third-order valence-corrected chi connectivity index (χ3v) is 5.47. The molecule has 1 saturated carbocycles. The van der Waals surface area contributed by atoms with Crippen LogP contribution in [-0.4, -0.2) is 57.7 Å². The molecule has 1 aliphatic heterocycles. The zero-order chi connectivity index (χ0) is 21.2. The summed E-state index contributed by atoms with van der Waals surface area (Å²) in [6.07, 6.45) is 6.13. The van der Waals surface area contributed by atoms with E-state index in [4.69, 9.17) is 23.9 Å². The second-order valence-corrected chi connectivity index (χ2v) is 8.03. The lowest BCUT2D eigenvalue weighted by molar-refractivity contribution is 0.0347. The van der Waals surface area contributed by atoms with E-state index < -0.39 is 0 Å². The summed E-state index contributed by atoms with van der Waals surface area (Å²) < 4.78 is 23.2. The molecule has 7 heteroatoms. The van der Waals surface area contributed by atoms with Crippen molar-refractivity contribution in [2.45, 2.75) is 70.7 Å². The standard InChI is InChI=1S/C23H37N3O4/c1-4-24-23(26-17(2)15-29-20-12-13-28-16-20)25-14-18-8-7-11-21(27-3)22(18)30-19-9-5-6-10-19/h7-8,11,17,19-20H,4-6,9-10,12-16H2,1-3H3,(H2,24,25,26). The summed E-state index contributed by atoms with van der Waals surface area (Å²) in [4.78, 5) is 4.79. The largest absolute Gasteiger partial charge is 0.493 e. The van der Waals surface area contributed by atoms with Crippen molar-refractivity contribution >= 4 is 5.96 Å². The lowest BCUT2D eigenvalue weighted by Gasteiger charge is -2.21. The highest BCUT2D eigenvalue weighted by Gasteiger charge is 2.21. The van der Waals surface area contributed by atoms with Gasteiger partial charge in [0.15, 0.2) is 17.5 Å². The number of guanidine groups is 1. The van der Waals surface area contributed by atoms with Gasteiger partial charge in [-0.25, -0.2) is 4.99 Å². The van der Waals surface area contributed by atoms with E-state index in [9.17, 15) is 0 Å². The quantitative estimate of drug-likeness (QED) is 0.448. The van der Waals surface area contributed by atoms with Gasteiger partial charge in [0.25, 0.3) is 0 Å². The van der Waals surface area contributed by atoms with Crippen LogP contribution in [0.3, 0.4) is 0 Å². The maximum absolute atomic E-state index is 6.33. The smallest absolute Gasteiger partial charge is 0.191 e. The van der Waals surface area contributed by atoms with Gasteiger partial charge in [-0.1, -0.05) is 12.1 Å². The van der Waals surface area contributed by atoms with Gasteiger partial charge in [0.2, 0.25) is 0 Å². The Hall–Kier alpha value is -1.99. The van der Waals surface area contributed by atoms with Crippen molar-refractivity contribution in [1.29, 1.82) is 0 Å². The molecule has 2 aliphatic rings. The summed E-state index contributed by atoms with van der Waals surface area (Å²) in [5.74, 6) is 2.36. The van der Waals surface area contributed by atoms with E-state index in [1.54, 1.807) is 7.11 Å². The maximum atomic E-state index is 6.33. The van der Waals surface area contributed by atoms with Gasteiger partial charge < -0.3 is 29.6 Å². The molecule has 1 aromatic carbocycles. The number of benzene rings is 1. The molecular weight excluding hydrogens is 382 g/mol. The minimum Gasteiger partial charge on any atom is -0.493 e. The Morgan fingerprint density at radius 1 is 1.23 bits per heavy atom. The predicted molar refractivity (Wildman–Crippen MR) is 118 cm³/mol. The SMILES string of the molecule is CCNC(=NCc1cccc(OC)c1OC1CCCC1)NC(C)COC1CCOC1. The molecule has 1 aromatic rings. The summed E-state index contributed by atoms with van der Waals surface area (Å²) in [5.41, 5.74) is 1.03. The molecule has 2 fully saturated rings. The topological polar surface area (TPSA) is 73.3 Å². The Balaban J connectivity index is 1.62. The van der Waals surface area contributed by atoms with Crippen molar-refractivity contribution in [3.63, 3.8) is 0 Å². The van der Waals surface area contributed by atoms with E-state index in [0.717, 1.165) is 55.4 Å². The van der Waals surface area contributed by atoms with Crippen LogP contribution in [0.4, 0.5) is 0 Å². The third-order valence-electron chi connectivity index (χ3n) is 5.47. The molecule has 3 rings (SSSR count). The van der Waals surface area contributed by atoms with Gasteiger partial charge in [-0.15, -0.1) is 0 Å². The number of ether oxygens (including phenoxy) is 4. The lowest BCUT2D eigenvalue weighted by Crippen LogP contribution is -2.44.